The third-order valence-corrected chi connectivity index (χ3v) is 6.56. The predicted molar refractivity (Wildman–Crippen MR) is 97.3 cm³/mol. The Balaban J connectivity index is 2.44. The molecule has 3 N–H and O–H groups in total. The van der Waals surface area contributed by atoms with Crippen molar-refractivity contribution in [2.75, 3.05) is 5.32 Å². The highest BCUT2D eigenvalue weighted by atomic mass is 32.1. The van der Waals surface area contributed by atoms with Gasteiger partial charge < -0.3 is 11.1 Å². The molecule has 2 amide bonds. The van der Waals surface area contributed by atoms with E-state index in [9.17, 15) is 49.1 Å². The topological polar surface area (TPSA) is 72.2 Å². The molecular weight excluding hydrogens is 479 g/mol. The first-order valence-corrected chi connectivity index (χ1v) is 9.93. The molecule has 0 saturated heterocycles. The molecule has 1 unspecified atom stereocenters. The second-order valence-corrected chi connectivity index (χ2v) is 9.66. The Morgan fingerprint density at radius 3 is 1.94 bits per heavy atom. The Labute approximate surface area is 180 Å². The number of rotatable bonds is 5. The average Bonchev–Trinajstić information content (AvgIpc) is 2.96. The van der Waals surface area contributed by atoms with Crippen molar-refractivity contribution in [1.82, 2.24) is 0 Å². The fourth-order valence-corrected chi connectivity index (χ4v) is 4.70. The Kier molecular flexibility index (Phi) is 6.40. The molecule has 0 radical (unpaired) electrons. The van der Waals surface area contributed by atoms with Gasteiger partial charge in [-0.15, -0.1) is 11.3 Å². The molecule has 1 aromatic rings. The fraction of sp³-hybridized carbons (Fsp3) is 0.667. The summed E-state index contributed by atoms with van der Waals surface area (Å²) in [6.45, 7) is 5.78. The first-order valence-electron chi connectivity index (χ1n) is 9.12. The number of alkyl halides is 9. The van der Waals surface area contributed by atoms with Crippen LogP contribution in [0.3, 0.4) is 0 Å². The van der Waals surface area contributed by atoms with Gasteiger partial charge in [0.1, 0.15) is 5.00 Å². The number of thiophene rings is 1. The van der Waals surface area contributed by atoms with E-state index in [1.807, 2.05) is 20.8 Å². The van der Waals surface area contributed by atoms with Crippen molar-refractivity contribution in [1.29, 1.82) is 0 Å². The molecule has 0 aliphatic heterocycles. The number of hydrogen-bond donors (Lipinski definition) is 2. The summed E-state index contributed by atoms with van der Waals surface area (Å²) in [5, 5.41) is 0.506. The van der Waals surface area contributed by atoms with Crippen LogP contribution in [0.1, 0.15) is 48.0 Å². The predicted octanol–water partition coefficient (Wildman–Crippen LogP) is 5.40. The quantitative estimate of drug-likeness (QED) is 0.534. The molecule has 1 atom stereocenters. The molecule has 1 aliphatic carbocycles. The Morgan fingerprint density at radius 1 is 0.969 bits per heavy atom. The Morgan fingerprint density at radius 2 is 1.50 bits per heavy atom. The molecule has 0 fully saturated rings. The summed E-state index contributed by atoms with van der Waals surface area (Å²) in [5.41, 5.74) is 4.84. The van der Waals surface area contributed by atoms with Crippen molar-refractivity contribution in [3.05, 3.63) is 16.0 Å². The molecular formula is C18H19F9N2O2S. The number of carbonyl (C=O) groups is 2. The summed E-state index contributed by atoms with van der Waals surface area (Å²) in [6.07, 6.45) is -5.94. The van der Waals surface area contributed by atoms with Gasteiger partial charge in [0.2, 0.25) is 0 Å². The van der Waals surface area contributed by atoms with E-state index in [0.717, 1.165) is 0 Å². The molecule has 182 valence electrons. The smallest absolute Gasteiger partial charge is 0.365 e. The minimum Gasteiger partial charge on any atom is -0.365 e. The van der Waals surface area contributed by atoms with Gasteiger partial charge in [0.15, 0.2) is 0 Å². The van der Waals surface area contributed by atoms with E-state index in [1.54, 1.807) is 0 Å². The number of nitrogens with two attached hydrogens (primary N) is 1. The second kappa shape index (κ2) is 7.80. The number of anilines is 1. The van der Waals surface area contributed by atoms with Crippen molar-refractivity contribution in [3.8, 4) is 0 Å². The number of nitrogens with one attached hydrogen (secondary N) is 1. The molecule has 4 nitrogen and oxygen atoms in total. The molecule has 0 saturated carbocycles. The van der Waals surface area contributed by atoms with Gasteiger partial charge in [0.05, 0.1) is 5.56 Å². The minimum absolute atomic E-state index is 0.0641. The van der Waals surface area contributed by atoms with Gasteiger partial charge in [-0.2, -0.15) is 39.5 Å². The van der Waals surface area contributed by atoms with Crippen LogP contribution in [0.4, 0.5) is 44.5 Å². The zero-order valence-electron chi connectivity index (χ0n) is 16.9. The van der Waals surface area contributed by atoms with Crippen molar-refractivity contribution in [3.63, 3.8) is 0 Å². The molecule has 1 aromatic heterocycles. The van der Waals surface area contributed by atoms with Crippen molar-refractivity contribution in [2.24, 2.45) is 17.1 Å². The van der Waals surface area contributed by atoms with Crippen LogP contribution in [0, 0.1) is 11.3 Å². The number of halogens is 9. The highest BCUT2D eigenvalue weighted by Gasteiger charge is 2.83. The van der Waals surface area contributed by atoms with E-state index in [2.05, 4.69) is 0 Å². The van der Waals surface area contributed by atoms with Crippen LogP contribution < -0.4 is 11.1 Å². The Hall–Kier alpha value is -1.99. The van der Waals surface area contributed by atoms with Crippen LogP contribution in [0.15, 0.2) is 0 Å². The first-order chi connectivity index (χ1) is 14.2. The van der Waals surface area contributed by atoms with Crippen LogP contribution in [-0.2, 0) is 17.6 Å². The van der Waals surface area contributed by atoms with E-state index >= 15 is 0 Å². The second-order valence-electron chi connectivity index (χ2n) is 8.55. The van der Waals surface area contributed by atoms with Crippen LogP contribution >= 0.6 is 11.3 Å². The normalized spacial score (nSPS) is 18.3. The van der Waals surface area contributed by atoms with E-state index in [4.69, 9.17) is 5.73 Å². The van der Waals surface area contributed by atoms with Crippen molar-refractivity contribution >= 4 is 28.2 Å². The molecule has 14 heteroatoms. The standard InChI is InChI=1S/C18H19F9N2O2S/c1-14(2,3)7-4-5-8-9(6-7)32-12(10(8)11(28)30)29-13(31)15(19,20)16(21,22)17(23,24)18(25,26)27/h7H,4-6H2,1-3H3,(H2,28,30)(H,29,31). The molecule has 0 spiro atoms. The molecule has 1 aliphatic rings. The van der Waals surface area contributed by atoms with Gasteiger partial charge >= 0.3 is 29.9 Å². The maximum Gasteiger partial charge on any atom is 0.460 e. The Bertz CT molecular complexity index is 917. The SMILES string of the molecule is CC(C)(C)C1CCc2c(sc(NC(=O)C(F)(F)C(F)(F)C(F)(F)C(F)(F)F)c2C(N)=O)C1. The fourth-order valence-electron chi connectivity index (χ4n) is 3.37. The number of hydrogen-bond acceptors (Lipinski definition) is 3. The third kappa shape index (κ3) is 4.17. The first kappa shape index (κ1) is 26.3. The summed E-state index contributed by atoms with van der Waals surface area (Å²) < 4.78 is 118. The van der Waals surface area contributed by atoms with Gasteiger partial charge in [-0.05, 0) is 36.2 Å². The van der Waals surface area contributed by atoms with Gasteiger partial charge in [-0.1, -0.05) is 20.8 Å². The summed E-state index contributed by atoms with van der Waals surface area (Å²) in [6, 6.07) is 0. The summed E-state index contributed by atoms with van der Waals surface area (Å²) in [7, 11) is 0. The lowest BCUT2D eigenvalue weighted by Crippen LogP contribution is -2.64. The lowest BCUT2D eigenvalue weighted by molar-refractivity contribution is -0.388. The van der Waals surface area contributed by atoms with Crippen molar-refractivity contribution in [2.45, 2.75) is 64.0 Å². The van der Waals surface area contributed by atoms with E-state index in [1.165, 1.54) is 5.32 Å². The van der Waals surface area contributed by atoms with Gasteiger partial charge in [-0.25, -0.2) is 0 Å². The third-order valence-electron chi connectivity index (χ3n) is 5.39. The number of carbonyl (C=O) groups excluding carboxylic acids is 2. The number of fused-ring (bicyclic) bond motifs is 1. The summed E-state index contributed by atoms with van der Waals surface area (Å²) >= 11 is 0.558. The molecule has 0 aromatic carbocycles. The highest BCUT2D eigenvalue weighted by molar-refractivity contribution is 7.17. The lowest BCUT2D eigenvalue weighted by Gasteiger charge is -2.33. The van der Waals surface area contributed by atoms with E-state index < -0.39 is 46.3 Å². The zero-order chi connectivity index (χ0) is 25.1. The highest BCUT2D eigenvalue weighted by Crippen LogP contribution is 2.53. The van der Waals surface area contributed by atoms with Gasteiger partial charge in [-0.3, -0.25) is 9.59 Å². The van der Waals surface area contributed by atoms with E-state index in [0.29, 0.717) is 29.1 Å². The number of primary amides is 1. The van der Waals surface area contributed by atoms with Crippen LogP contribution in [0.2, 0.25) is 0 Å². The van der Waals surface area contributed by atoms with Gasteiger partial charge in [0, 0.05) is 4.88 Å². The largest absolute Gasteiger partial charge is 0.460 e. The maximum atomic E-state index is 13.9. The lowest BCUT2D eigenvalue weighted by atomic mass is 9.72. The molecule has 32 heavy (non-hydrogen) atoms. The van der Waals surface area contributed by atoms with Gasteiger partial charge in [0.25, 0.3) is 5.91 Å². The molecule has 0 bridgehead atoms. The summed E-state index contributed by atoms with van der Waals surface area (Å²) in [4.78, 5) is 24.0. The zero-order valence-corrected chi connectivity index (χ0v) is 17.7. The average molecular weight is 498 g/mol. The minimum atomic E-state index is -7.21. The van der Waals surface area contributed by atoms with Crippen molar-refractivity contribution < 1.29 is 49.1 Å². The molecule has 2 rings (SSSR count). The van der Waals surface area contributed by atoms with Crippen LogP contribution in [0.5, 0.6) is 0 Å². The maximum absolute atomic E-state index is 13.9. The number of amides is 2. The summed E-state index contributed by atoms with van der Waals surface area (Å²) in [5.74, 6) is -25.1. The monoisotopic (exact) mass is 498 g/mol. The van der Waals surface area contributed by atoms with Crippen LogP contribution in [0.25, 0.3) is 0 Å². The van der Waals surface area contributed by atoms with E-state index in [-0.39, 0.29) is 23.3 Å². The molecule has 1 heterocycles. The van der Waals surface area contributed by atoms with Crippen LogP contribution in [-0.4, -0.2) is 35.8 Å².